The Labute approximate surface area is 252 Å². The van der Waals surface area contributed by atoms with E-state index in [0.717, 1.165) is 88.0 Å². The van der Waals surface area contributed by atoms with Gasteiger partial charge in [0.2, 0.25) is 0 Å². The van der Waals surface area contributed by atoms with Gasteiger partial charge < -0.3 is 0 Å². The average molecular weight is 562 g/mol. The van der Waals surface area contributed by atoms with Gasteiger partial charge in [0.05, 0.1) is 33.3 Å². The number of hydrogen-bond donors (Lipinski definition) is 0. The molecule has 0 amide bonds. The van der Waals surface area contributed by atoms with E-state index in [4.69, 9.17) is 9.97 Å². The van der Waals surface area contributed by atoms with Crippen LogP contribution in [0.25, 0.3) is 88.0 Å². The van der Waals surface area contributed by atoms with Crippen molar-refractivity contribution in [1.82, 2.24) is 24.9 Å². The zero-order valence-electron chi connectivity index (χ0n) is 23.5. The van der Waals surface area contributed by atoms with Gasteiger partial charge in [-0.15, -0.1) is 0 Å². The monoisotopic (exact) mass is 561 g/mol. The number of rotatable bonds is 3. The Morgan fingerprint density at radius 2 is 1.18 bits per heavy atom. The standard InChI is InChI=1S/C39H23N5/c1-2-8-34-31(7-1)35(28-6-3-20-40-23-28)32-17-14-27-15-18-33(43-37(27)39(32)44-34)25-11-9-24(10-12-25)29-19-22-42-38-30(29)16-13-26-5-4-21-41-36(26)38/h1-23H. The zero-order valence-corrected chi connectivity index (χ0v) is 23.5. The smallest absolute Gasteiger partial charge is 0.0978 e. The molecule has 0 aliphatic rings. The van der Waals surface area contributed by atoms with Crippen molar-refractivity contribution in [1.29, 1.82) is 0 Å². The van der Waals surface area contributed by atoms with E-state index in [9.17, 15) is 0 Å². The van der Waals surface area contributed by atoms with Crippen LogP contribution in [0, 0.1) is 0 Å². The first kappa shape index (κ1) is 24.5. The molecule has 5 heterocycles. The highest BCUT2D eigenvalue weighted by atomic mass is 14.8. The third kappa shape index (κ3) is 3.83. The molecule has 5 heteroatoms. The summed E-state index contributed by atoms with van der Waals surface area (Å²) in [5.41, 5.74) is 11.0. The van der Waals surface area contributed by atoms with Gasteiger partial charge in [-0.3, -0.25) is 15.0 Å². The van der Waals surface area contributed by atoms with Crippen molar-refractivity contribution < 1.29 is 0 Å². The summed E-state index contributed by atoms with van der Waals surface area (Å²) in [6.45, 7) is 0. The highest BCUT2D eigenvalue weighted by Crippen LogP contribution is 2.38. The van der Waals surface area contributed by atoms with Crippen LogP contribution in [0.1, 0.15) is 0 Å². The Hall–Kier alpha value is -6.07. The first-order chi connectivity index (χ1) is 21.8. The van der Waals surface area contributed by atoms with Gasteiger partial charge in [0.1, 0.15) is 0 Å². The van der Waals surface area contributed by atoms with Gasteiger partial charge in [0.15, 0.2) is 0 Å². The lowest BCUT2D eigenvalue weighted by Crippen LogP contribution is -1.93. The summed E-state index contributed by atoms with van der Waals surface area (Å²) in [4.78, 5) is 24.0. The van der Waals surface area contributed by atoms with E-state index >= 15 is 0 Å². The summed E-state index contributed by atoms with van der Waals surface area (Å²) >= 11 is 0. The lowest BCUT2D eigenvalue weighted by molar-refractivity contribution is 1.33. The molecule has 0 saturated heterocycles. The summed E-state index contributed by atoms with van der Waals surface area (Å²) in [5.74, 6) is 0. The van der Waals surface area contributed by atoms with Gasteiger partial charge in [-0.05, 0) is 41.5 Å². The molecule has 0 saturated carbocycles. The molecule has 0 spiro atoms. The molecule has 5 aromatic heterocycles. The van der Waals surface area contributed by atoms with Gasteiger partial charge in [0, 0.05) is 68.4 Å². The van der Waals surface area contributed by atoms with Crippen molar-refractivity contribution in [3.8, 4) is 33.5 Å². The molecule has 0 aliphatic heterocycles. The molecule has 204 valence electrons. The quantitative estimate of drug-likeness (QED) is 0.159. The minimum Gasteiger partial charge on any atom is -0.264 e. The fourth-order valence-corrected chi connectivity index (χ4v) is 6.35. The van der Waals surface area contributed by atoms with Crippen LogP contribution in [0.5, 0.6) is 0 Å². The third-order valence-electron chi connectivity index (χ3n) is 8.44. The minimum atomic E-state index is 0.888. The maximum Gasteiger partial charge on any atom is 0.0978 e. The lowest BCUT2D eigenvalue weighted by Gasteiger charge is -2.13. The molecule has 5 nitrogen and oxygen atoms in total. The molecule has 0 unspecified atom stereocenters. The maximum atomic E-state index is 5.21. The largest absolute Gasteiger partial charge is 0.264 e. The minimum absolute atomic E-state index is 0.888. The van der Waals surface area contributed by atoms with E-state index in [2.05, 4.69) is 112 Å². The second kappa shape index (κ2) is 9.75. The zero-order chi connectivity index (χ0) is 29.0. The predicted octanol–water partition coefficient (Wildman–Crippen LogP) is 9.43. The number of para-hydroxylation sites is 1. The summed E-state index contributed by atoms with van der Waals surface area (Å²) in [7, 11) is 0. The molecule has 0 atom stereocenters. The summed E-state index contributed by atoms with van der Waals surface area (Å²) in [5, 5.41) is 5.40. The molecule has 44 heavy (non-hydrogen) atoms. The lowest BCUT2D eigenvalue weighted by atomic mass is 9.96. The number of fused-ring (bicyclic) bond motifs is 7. The second-order valence-corrected chi connectivity index (χ2v) is 10.9. The highest BCUT2D eigenvalue weighted by Gasteiger charge is 2.15. The number of pyridine rings is 5. The first-order valence-corrected chi connectivity index (χ1v) is 14.6. The van der Waals surface area contributed by atoms with Crippen molar-refractivity contribution in [3.63, 3.8) is 0 Å². The molecule has 4 aromatic carbocycles. The van der Waals surface area contributed by atoms with Crippen LogP contribution in [0.15, 0.2) is 140 Å². The predicted molar refractivity (Wildman–Crippen MR) is 179 cm³/mol. The van der Waals surface area contributed by atoms with Crippen LogP contribution in [0.2, 0.25) is 0 Å². The normalized spacial score (nSPS) is 11.6. The van der Waals surface area contributed by atoms with Gasteiger partial charge in [-0.2, -0.15) is 0 Å². The number of benzene rings is 4. The maximum absolute atomic E-state index is 5.21. The Morgan fingerprint density at radius 1 is 0.409 bits per heavy atom. The van der Waals surface area contributed by atoms with Crippen LogP contribution in [-0.2, 0) is 0 Å². The average Bonchev–Trinajstić information content (AvgIpc) is 3.10. The van der Waals surface area contributed by atoms with Crippen LogP contribution < -0.4 is 0 Å². The van der Waals surface area contributed by atoms with Gasteiger partial charge in [-0.25, -0.2) is 9.97 Å². The molecule has 0 radical (unpaired) electrons. The van der Waals surface area contributed by atoms with E-state index in [-0.39, 0.29) is 0 Å². The van der Waals surface area contributed by atoms with E-state index in [0.29, 0.717) is 0 Å². The van der Waals surface area contributed by atoms with E-state index < -0.39 is 0 Å². The highest BCUT2D eigenvalue weighted by molar-refractivity contribution is 6.16. The topological polar surface area (TPSA) is 64.5 Å². The Bertz CT molecular complexity index is 2540. The van der Waals surface area contributed by atoms with Crippen molar-refractivity contribution in [2.75, 3.05) is 0 Å². The van der Waals surface area contributed by atoms with Crippen molar-refractivity contribution in [2.45, 2.75) is 0 Å². The fraction of sp³-hybridized carbons (Fsp3) is 0. The van der Waals surface area contributed by atoms with E-state index in [1.807, 2.05) is 36.8 Å². The number of aromatic nitrogens is 5. The van der Waals surface area contributed by atoms with Gasteiger partial charge in [-0.1, -0.05) is 84.9 Å². The summed E-state index contributed by atoms with van der Waals surface area (Å²) in [6, 6.07) is 39.9. The summed E-state index contributed by atoms with van der Waals surface area (Å²) < 4.78 is 0. The Kier molecular flexibility index (Phi) is 5.43. The summed E-state index contributed by atoms with van der Waals surface area (Å²) in [6.07, 6.45) is 7.41. The van der Waals surface area contributed by atoms with Crippen molar-refractivity contribution in [2.24, 2.45) is 0 Å². The molecule has 0 N–H and O–H groups in total. The van der Waals surface area contributed by atoms with Gasteiger partial charge >= 0.3 is 0 Å². The van der Waals surface area contributed by atoms with Crippen LogP contribution >= 0.6 is 0 Å². The number of hydrogen-bond acceptors (Lipinski definition) is 5. The molecular weight excluding hydrogens is 538 g/mol. The Balaban J connectivity index is 1.19. The van der Waals surface area contributed by atoms with Crippen molar-refractivity contribution in [3.05, 3.63) is 140 Å². The molecule has 0 bridgehead atoms. The molecule has 9 rings (SSSR count). The Morgan fingerprint density at radius 3 is 2.07 bits per heavy atom. The fourth-order valence-electron chi connectivity index (χ4n) is 6.35. The SMILES string of the molecule is c1cncc(-c2c3ccccc3nc3c2ccc2ccc(-c4ccc(-c5ccnc6c5ccc5cccnc56)cc4)nc23)c1. The van der Waals surface area contributed by atoms with Crippen LogP contribution in [-0.4, -0.2) is 24.9 Å². The third-order valence-corrected chi connectivity index (χ3v) is 8.44. The van der Waals surface area contributed by atoms with E-state index in [1.54, 1.807) is 6.20 Å². The number of nitrogens with zero attached hydrogens (tertiary/aromatic N) is 5. The molecular formula is C39H23N5. The van der Waals surface area contributed by atoms with Crippen LogP contribution in [0.4, 0.5) is 0 Å². The second-order valence-electron chi connectivity index (χ2n) is 10.9. The first-order valence-electron chi connectivity index (χ1n) is 14.6. The van der Waals surface area contributed by atoms with E-state index in [1.165, 1.54) is 0 Å². The van der Waals surface area contributed by atoms with Crippen LogP contribution in [0.3, 0.4) is 0 Å². The van der Waals surface area contributed by atoms with Crippen molar-refractivity contribution >= 4 is 54.5 Å². The van der Waals surface area contributed by atoms with Gasteiger partial charge in [0.25, 0.3) is 0 Å². The molecule has 0 aliphatic carbocycles. The molecule has 9 aromatic rings. The molecule has 0 fully saturated rings.